The Bertz CT molecular complexity index is 2190. The number of anilines is 2. The van der Waals surface area contributed by atoms with Crippen LogP contribution in [0.5, 0.6) is 0 Å². The Hall–Kier alpha value is -4.49. The van der Waals surface area contributed by atoms with Gasteiger partial charge in [-0.1, -0.05) is 6.92 Å². The maximum Gasteiger partial charge on any atom is 0.412 e. The van der Waals surface area contributed by atoms with Gasteiger partial charge in [0.15, 0.2) is 5.82 Å². The first-order chi connectivity index (χ1) is 24.9. The molecule has 6 rings (SSSR count). The highest BCUT2D eigenvalue weighted by Crippen LogP contribution is 2.45. The molecule has 0 radical (unpaired) electrons. The van der Waals surface area contributed by atoms with Gasteiger partial charge in [-0.15, -0.1) is 11.3 Å². The number of nitrogens with zero attached hydrogens (tertiary/aromatic N) is 6. The van der Waals surface area contributed by atoms with E-state index in [1.807, 2.05) is 27.7 Å². The summed E-state index contributed by atoms with van der Waals surface area (Å²) in [5, 5.41) is 13.3. The van der Waals surface area contributed by atoms with Crippen molar-refractivity contribution in [1.82, 2.24) is 19.9 Å². The van der Waals surface area contributed by atoms with Crippen LogP contribution < -0.4 is 10.2 Å². The molecule has 53 heavy (non-hydrogen) atoms. The highest BCUT2D eigenvalue weighted by atomic mass is 32.2. The van der Waals surface area contributed by atoms with Crippen molar-refractivity contribution in [3.8, 4) is 17.3 Å². The average Bonchev–Trinajstić information content (AvgIpc) is 3.63. The number of nitriles is 1. The number of carbonyl (C=O) groups excluding carboxylic acids is 2. The second-order valence-electron chi connectivity index (χ2n) is 15.2. The zero-order chi connectivity index (χ0) is 38.6. The monoisotopic (exact) mass is 767 g/mol. The second kappa shape index (κ2) is 14.4. The molecule has 2 aliphatic heterocycles. The lowest BCUT2D eigenvalue weighted by molar-refractivity contribution is 0.0232. The topological polar surface area (TPSA) is 151 Å². The van der Waals surface area contributed by atoms with Crippen molar-refractivity contribution < 1.29 is 32.1 Å². The van der Waals surface area contributed by atoms with E-state index in [4.69, 9.17) is 19.4 Å². The summed E-state index contributed by atoms with van der Waals surface area (Å²) in [6.07, 6.45) is 1.21. The molecule has 1 N–H and O–H groups in total. The van der Waals surface area contributed by atoms with Gasteiger partial charge in [-0.3, -0.25) is 9.53 Å². The number of pyridine rings is 1. The van der Waals surface area contributed by atoms with E-state index in [1.54, 1.807) is 32.6 Å². The van der Waals surface area contributed by atoms with Gasteiger partial charge < -0.3 is 19.3 Å². The molecule has 5 heterocycles. The van der Waals surface area contributed by atoms with Gasteiger partial charge in [-0.05, 0) is 86.3 Å². The molecule has 0 saturated carbocycles. The van der Waals surface area contributed by atoms with Gasteiger partial charge in [0, 0.05) is 29.8 Å². The molecule has 3 aromatic heterocycles. The summed E-state index contributed by atoms with van der Waals surface area (Å²) in [7, 11) is -1.67. The molecule has 1 aromatic carbocycles. The van der Waals surface area contributed by atoms with Crippen LogP contribution in [-0.4, -0.2) is 78.4 Å². The quantitative estimate of drug-likeness (QED) is 0.198. The molecule has 12 nitrogen and oxygen atoms in total. The predicted molar refractivity (Wildman–Crippen MR) is 201 cm³/mol. The molecule has 1 saturated heterocycles. The molecule has 4 aromatic rings. The first-order valence-electron chi connectivity index (χ1n) is 17.6. The Morgan fingerprint density at radius 1 is 1.06 bits per heavy atom. The smallest absolute Gasteiger partial charge is 0.412 e. The fourth-order valence-corrected chi connectivity index (χ4v) is 8.59. The van der Waals surface area contributed by atoms with Crippen molar-refractivity contribution in [3.05, 3.63) is 35.0 Å². The number of amides is 2. The Labute approximate surface area is 313 Å². The molecule has 0 aliphatic carbocycles. The third kappa shape index (κ3) is 7.50. The van der Waals surface area contributed by atoms with E-state index in [0.717, 1.165) is 17.8 Å². The highest BCUT2D eigenvalue weighted by Gasteiger charge is 2.41. The largest absolute Gasteiger partial charge is 0.444 e. The highest BCUT2D eigenvalue weighted by molar-refractivity contribution is 7.84. The summed E-state index contributed by atoms with van der Waals surface area (Å²) < 4.78 is 57.0. The van der Waals surface area contributed by atoms with E-state index < -0.39 is 45.8 Å². The van der Waals surface area contributed by atoms with Crippen LogP contribution in [0.2, 0.25) is 0 Å². The number of fused-ring (bicyclic) bond motifs is 1. The fourth-order valence-electron chi connectivity index (χ4n) is 6.89. The number of benzene rings is 1. The van der Waals surface area contributed by atoms with Crippen LogP contribution in [0.4, 0.5) is 29.2 Å². The summed E-state index contributed by atoms with van der Waals surface area (Å²) in [5.41, 5.74) is -1.18. The van der Waals surface area contributed by atoms with E-state index in [9.17, 15) is 19.1 Å². The number of halogens is 2. The molecular formula is C37H43F2N7O5S2. The molecule has 0 bridgehead atoms. The van der Waals surface area contributed by atoms with Crippen molar-refractivity contribution in [2.45, 2.75) is 110 Å². The molecule has 1 unspecified atom stereocenters. The summed E-state index contributed by atoms with van der Waals surface area (Å²) in [4.78, 5) is 43.8. The summed E-state index contributed by atoms with van der Waals surface area (Å²) >= 11 is 0.837. The number of ether oxygens (including phenoxy) is 2. The van der Waals surface area contributed by atoms with E-state index >= 15 is 8.78 Å². The van der Waals surface area contributed by atoms with Gasteiger partial charge >= 0.3 is 12.2 Å². The van der Waals surface area contributed by atoms with E-state index in [0.29, 0.717) is 49.2 Å². The molecule has 2 amide bonds. The Morgan fingerprint density at radius 3 is 2.43 bits per heavy atom. The maximum atomic E-state index is 17.2. The normalized spacial score (nSPS) is 18.4. The molecule has 16 heteroatoms. The summed E-state index contributed by atoms with van der Waals surface area (Å²) in [6, 6.07) is 4.09. The van der Waals surface area contributed by atoms with Crippen LogP contribution in [0.1, 0.15) is 85.9 Å². The SMILES string of the molecule is CCS(=O)c1nc2c3c(nc(-c4ccc(F)c5sc(NC(=O)OC(C)(C)C)c(C#N)c45)c(F)c3n1)CCCCN2[C@@H]1CCN(C(=O)OC(C)(C)C)[C@@H]1C. The zero-order valence-electron chi connectivity index (χ0n) is 31.1. The lowest BCUT2D eigenvalue weighted by atomic mass is 9.98. The zero-order valence-corrected chi connectivity index (χ0v) is 32.7. The first kappa shape index (κ1) is 38.2. The molecule has 1 fully saturated rings. The summed E-state index contributed by atoms with van der Waals surface area (Å²) in [6.45, 7) is 15.2. The van der Waals surface area contributed by atoms with Crippen molar-refractivity contribution in [2.24, 2.45) is 0 Å². The van der Waals surface area contributed by atoms with Crippen LogP contribution >= 0.6 is 11.3 Å². The number of aromatic nitrogens is 3. The summed E-state index contributed by atoms with van der Waals surface area (Å²) in [5.74, 6) is -0.924. The number of likely N-dealkylation sites (tertiary alicyclic amines) is 1. The standard InChI is InChI=1S/C37H43F2N7O5S2/c1-9-53(49)33-42-29-26-23(12-10-11-16-46(31(26)43-33)24-15-17-45(19(24)2)35(48)51-37(6,7)8)41-28(27(29)39)20-13-14-22(38)30-25(20)21(18-40)32(52-30)44-34(47)50-36(3,4)5/h13-14,19,24H,9-12,15-17H2,1-8H3,(H,44,47)/t19-,24-,53?/m1/s1. The fraction of sp³-hybridized carbons (Fsp3) is 0.514. The van der Waals surface area contributed by atoms with Crippen molar-refractivity contribution in [1.29, 1.82) is 5.26 Å². The van der Waals surface area contributed by atoms with E-state index in [-0.39, 0.29) is 60.4 Å². The van der Waals surface area contributed by atoms with E-state index in [2.05, 4.69) is 21.3 Å². The average molecular weight is 768 g/mol. The molecular weight excluding hydrogens is 725 g/mol. The Kier molecular flexibility index (Phi) is 10.4. The van der Waals surface area contributed by atoms with Gasteiger partial charge in [-0.2, -0.15) is 5.26 Å². The number of aryl methyl sites for hydroxylation is 1. The Morgan fingerprint density at radius 2 is 1.77 bits per heavy atom. The number of hydrogen-bond acceptors (Lipinski definition) is 11. The number of nitrogens with one attached hydrogen (secondary N) is 1. The minimum absolute atomic E-state index is 0.0289. The van der Waals surface area contributed by atoms with Gasteiger partial charge in [0.1, 0.15) is 45.1 Å². The van der Waals surface area contributed by atoms with Gasteiger partial charge in [-0.25, -0.2) is 33.3 Å². The van der Waals surface area contributed by atoms with Crippen molar-refractivity contribution >= 4 is 66.1 Å². The number of rotatable bonds is 5. The molecule has 2 aliphatic rings. The van der Waals surface area contributed by atoms with Crippen LogP contribution in [0.3, 0.4) is 0 Å². The second-order valence-corrected chi connectivity index (χ2v) is 17.8. The molecule has 0 spiro atoms. The number of carbonyl (C=O) groups is 2. The third-order valence-electron chi connectivity index (χ3n) is 9.14. The van der Waals surface area contributed by atoms with Crippen LogP contribution in [0.15, 0.2) is 17.3 Å². The first-order valence-corrected chi connectivity index (χ1v) is 19.8. The van der Waals surface area contributed by atoms with Gasteiger partial charge in [0.2, 0.25) is 5.16 Å². The number of thiophene rings is 1. The minimum Gasteiger partial charge on any atom is -0.444 e. The predicted octanol–water partition coefficient (Wildman–Crippen LogP) is 8.07. The van der Waals surface area contributed by atoms with Crippen molar-refractivity contribution in [2.75, 3.05) is 29.1 Å². The van der Waals surface area contributed by atoms with E-state index in [1.165, 1.54) is 12.1 Å². The van der Waals surface area contributed by atoms with Crippen molar-refractivity contribution in [3.63, 3.8) is 0 Å². The van der Waals surface area contributed by atoms with Crippen LogP contribution in [-0.2, 0) is 26.7 Å². The third-order valence-corrected chi connectivity index (χ3v) is 11.4. The van der Waals surface area contributed by atoms with Crippen LogP contribution in [0, 0.1) is 23.0 Å². The molecule has 3 atom stereocenters. The lowest BCUT2D eigenvalue weighted by Crippen LogP contribution is -2.47. The molecule has 282 valence electrons. The minimum atomic E-state index is -1.67. The maximum absolute atomic E-state index is 17.2. The van der Waals surface area contributed by atoms with Gasteiger partial charge in [0.25, 0.3) is 0 Å². The van der Waals surface area contributed by atoms with Crippen LogP contribution in [0.25, 0.3) is 32.2 Å². The van der Waals surface area contributed by atoms with Gasteiger partial charge in [0.05, 0.1) is 44.2 Å². The lowest BCUT2D eigenvalue weighted by Gasteiger charge is -2.36. The Balaban J connectivity index is 1.54. The number of hydrogen-bond donors (Lipinski definition) is 1.